The van der Waals surface area contributed by atoms with Gasteiger partial charge in [0.15, 0.2) is 0 Å². The van der Waals surface area contributed by atoms with Gasteiger partial charge in [-0.2, -0.15) is 0 Å². The highest BCUT2D eigenvalue weighted by Crippen LogP contribution is 2.36. The number of carbonyl (C=O) groups excluding carboxylic acids is 1. The van der Waals surface area contributed by atoms with Crippen LogP contribution in [0.25, 0.3) is 0 Å². The summed E-state index contributed by atoms with van der Waals surface area (Å²) in [5.74, 6) is -1.38. The first-order chi connectivity index (χ1) is 14.0. The van der Waals surface area contributed by atoms with Gasteiger partial charge in [0.2, 0.25) is 5.91 Å². The van der Waals surface area contributed by atoms with Gasteiger partial charge in [-0.3, -0.25) is 9.59 Å². The first-order valence-corrected chi connectivity index (χ1v) is 9.50. The molecule has 1 atom stereocenters. The number of carboxylic acid groups (broad SMARTS) is 1. The largest absolute Gasteiger partial charge is 0.480 e. The van der Waals surface area contributed by atoms with E-state index >= 15 is 0 Å². The summed E-state index contributed by atoms with van der Waals surface area (Å²) in [6.07, 6.45) is 0.0807. The van der Waals surface area contributed by atoms with Crippen LogP contribution in [0.15, 0.2) is 91.0 Å². The van der Waals surface area contributed by atoms with E-state index in [1.54, 1.807) is 0 Å². The number of aliphatic carboxylic acids is 1. The molecule has 30 heavy (non-hydrogen) atoms. The molecule has 0 aliphatic heterocycles. The van der Waals surface area contributed by atoms with Crippen LogP contribution < -0.4 is 11.1 Å². The molecule has 3 aromatic rings. The minimum atomic E-state index is -1.11. The van der Waals surface area contributed by atoms with Crippen LogP contribution in [-0.2, 0) is 15.1 Å². The normalized spacial score (nSPS) is 11.8. The lowest BCUT2D eigenvalue weighted by atomic mass is 9.77. The SMILES string of the molecule is NC(CCC(=O)NC(c1ccccc1)(c1ccccc1)c1ccccc1)C(=O)O.O. The molecule has 0 aromatic heterocycles. The summed E-state index contributed by atoms with van der Waals surface area (Å²) in [6, 6.07) is 28.2. The summed E-state index contributed by atoms with van der Waals surface area (Å²) in [6.45, 7) is 0. The van der Waals surface area contributed by atoms with Crippen molar-refractivity contribution in [2.24, 2.45) is 5.73 Å². The lowest BCUT2D eigenvalue weighted by Gasteiger charge is -2.37. The molecule has 6 nitrogen and oxygen atoms in total. The summed E-state index contributed by atoms with van der Waals surface area (Å²) < 4.78 is 0. The van der Waals surface area contributed by atoms with Gasteiger partial charge in [-0.05, 0) is 23.1 Å². The zero-order valence-corrected chi connectivity index (χ0v) is 16.5. The molecular formula is C24H26N2O4. The molecule has 0 saturated carbocycles. The predicted octanol–water partition coefficient (Wildman–Crippen LogP) is 2.46. The van der Waals surface area contributed by atoms with Gasteiger partial charge in [0, 0.05) is 6.42 Å². The summed E-state index contributed by atoms with van der Waals surface area (Å²) >= 11 is 0. The highest BCUT2D eigenvalue weighted by atomic mass is 16.4. The van der Waals surface area contributed by atoms with E-state index < -0.39 is 17.6 Å². The van der Waals surface area contributed by atoms with Crippen LogP contribution in [0, 0.1) is 0 Å². The van der Waals surface area contributed by atoms with Crippen molar-refractivity contribution in [2.45, 2.75) is 24.4 Å². The van der Waals surface area contributed by atoms with Crippen LogP contribution >= 0.6 is 0 Å². The molecule has 1 unspecified atom stereocenters. The van der Waals surface area contributed by atoms with Crippen LogP contribution in [0.3, 0.4) is 0 Å². The third-order valence-electron chi connectivity index (χ3n) is 4.95. The number of amides is 1. The second-order valence-corrected chi connectivity index (χ2v) is 6.88. The predicted molar refractivity (Wildman–Crippen MR) is 116 cm³/mol. The van der Waals surface area contributed by atoms with Gasteiger partial charge in [0.25, 0.3) is 0 Å². The number of hydrogen-bond donors (Lipinski definition) is 3. The van der Waals surface area contributed by atoms with E-state index in [1.807, 2.05) is 91.0 Å². The number of nitrogens with two attached hydrogens (primary N) is 1. The molecule has 0 radical (unpaired) electrons. The Morgan fingerprint density at radius 1 is 0.800 bits per heavy atom. The molecule has 0 heterocycles. The third kappa shape index (κ3) is 4.92. The van der Waals surface area contributed by atoms with Gasteiger partial charge in [-0.1, -0.05) is 91.0 Å². The molecule has 6 N–H and O–H groups in total. The van der Waals surface area contributed by atoms with Gasteiger partial charge in [0.05, 0.1) is 0 Å². The number of carboxylic acids is 1. The van der Waals surface area contributed by atoms with Crippen LogP contribution in [0.5, 0.6) is 0 Å². The van der Waals surface area contributed by atoms with Crippen molar-refractivity contribution in [3.63, 3.8) is 0 Å². The Morgan fingerprint density at radius 3 is 1.50 bits per heavy atom. The topological polar surface area (TPSA) is 124 Å². The fraction of sp³-hybridized carbons (Fsp3) is 0.167. The fourth-order valence-corrected chi connectivity index (χ4v) is 3.46. The van der Waals surface area contributed by atoms with Crippen LogP contribution in [0.1, 0.15) is 29.5 Å². The minimum absolute atomic E-state index is 0. The van der Waals surface area contributed by atoms with E-state index in [9.17, 15) is 9.59 Å². The lowest BCUT2D eigenvalue weighted by molar-refractivity contribution is -0.138. The zero-order valence-electron chi connectivity index (χ0n) is 16.5. The Bertz CT molecular complexity index is 850. The molecule has 0 fully saturated rings. The van der Waals surface area contributed by atoms with E-state index in [0.29, 0.717) is 0 Å². The fourth-order valence-electron chi connectivity index (χ4n) is 3.46. The minimum Gasteiger partial charge on any atom is -0.480 e. The molecule has 3 rings (SSSR count). The molecule has 0 aliphatic rings. The first-order valence-electron chi connectivity index (χ1n) is 9.50. The average Bonchev–Trinajstić information content (AvgIpc) is 2.77. The zero-order chi connectivity index (χ0) is 20.7. The van der Waals surface area contributed by atoms with Crippen molar-refractivity contribution in [1.29, 1.82) is 0 Å². The van der Waals surface area contributed by atoms with E-state index in [2.05, 4.69) is 5.32 Å². The highest BCUT2D eigenvalue weighted by molar-refractivity contribution is 5.80. The molecule has 156 valence electrons. The monoisotopic (exact) mass is 406 g/mol. The van der Waals surface area contributed by atoms with E-state index in [1.165, 1.54) is 0 Å². The van der Waals surface area contributed by atoms with Gasteiger partial charge in [-0.15, -0.1) is 0 Å². The summed E-state index contributed by atoms with van der Waals surface area (Å²) in [7, 11) is 0. The maximum absolute atomic E-state index is 12.9. The molecule has 0 saturated heterocycles. The Balaban J connectivity index is 0.00000320. The van der Waals surface area contributed by atoms with Crippen molar-refractivity contribution >= 4 is 11.9 Å². The number of nitrogens with one attached hydrogen (secondary N) is 1. The number of carbonyl (C=O) groups is 2. The van der Waals surface area contributed by atoms with Gasteiger partial charge < -0.3 is 21.6 Å². The van der Waals surface area contributed by atoms with Gasteiger partial charge in [0.1, 0.15) is 11.6 Å². The van der Waals surface area contributed by atoms with E-state index in [0.717, 1.165) is 16.7 Å². The Morgan fingerprint density at radius 2 is 1.17 bits per heavy atom. The lowest BCUT2D eigenvalue weighted by Crippen LogP contribution is -2.48. The first kappa shape index (κ1) is 22.8. The summed E-state index contributed by atoms with van der Waals surface area (Å²) in [4.78, 5) is 24.0. The second-order valence-electron chi connectivity index (χ2n) is 6.88. The van der Waals surface area contributed by atoms with Crippen molar-refractivity contribution in [3.05, 3.63) is 108 Å². The smallest absolute Gasteiger partial charge is 0.320 e. The van der Waals surface area contributed by atoms with Crippen molar-refractivity contribution in [2.75, 3.05) is 0 Å². The quantitative estimate of drug-likeness (QED) is 0.497. The van der Waals surface area contributed by atoms with Crippen molar-refractivity contribution in [1.82, 2.24) is 5.32 Å². The van der Waals surface area contributed by atoms with Gasteiger partial charge >= 0.3 is 5.97 Å². The second kappa shape index (κ2) is 10.3. The maximum atomic E-state index is 12.9. The van der Waals surface area contributed by atoms with E-state index in [-0.39, 0.29) is 24.2 Å². The summed E-state index contributed by atoms with van der Waals surface area (Å²) in [5, 5.41) is 12.2. The Labute approximate surface area is 175 Å². The van der Waals surface area contributed by atoms with Crippen LogP contribution in [-0.4, -0.2) is 28.5 Å². The van der Waals surface area contributed by atoms with Crippen molar-refractivity contribution < 1.29 is 20.2 Å². The molecule has 3 aromatic carbocycles. The molecule has 1 amide bonds. The number of benzene rings is 3. The third-order valence-corrected chi connectivity index (χ3v) is 4.95. The Hall–Kier alpha value is -3.48. The maximum Gasteiger partial charge on any atom is 0.320 e. The summed E-state index contributed by atoms with van der Waals surface area (Å²) in [5.41, 5.74) is 7.41. The molecule has 0 aliphatic carbocycles. The molecule has 0 spiro atoms. The van der Waals surface area contributed by atoms with Crippen LogP contribution in [0.4, 0.5) is 0 Å². The molecular weight excluding hydrogens is 380 g/mol. The molecule has 0 bridgehead atoms. The van der Waals surface area contributed by atoms with Crippen LogP contribution in [0.2, 0.25) is 0 Å². The Kier molecular flexibility index (Phi) is 7.86. The molecule has 6 heteroatoms. The van der Waals surface area contributed by atoms with Gasteiger partial charge in [-0.25, -0.2) is 0 Å². The highest BCUT2D eigenvalue weighted by Gasteiger charge is 2.37. The number of hydrogen-bond acceptors (Lipinski definition) is 3. The number of rotatable bonds is 8. The average molecular weight is 406 g/mol. The van der Waals surface area contributed by atoms with Crippen molar-refractivity contribution in [3.8, 4) is 0 Å². The standard InChI is InChI=1S/C24H24N2O3.H2O/c25-21(23(28)29)16-17-22(27)26-24(18-10-4-1-5-11-18,19-12-6-2-7-13-19)20-14-8-3-9-15-20;/h1-15,21H,16-17,25H2,(H,26,27)(H,28,29);1H2. The van der Waals surface area contributed by atoms with E-state index in [4.69, 9.17) is 10.8 Å².